The van der Waals surface area contributed by atoms with Crippen LogP contribution in [0, 0.1) is 0 Å². The monoisotopic (exact) mass is 582 g/mol. The van der Waals surface area contributed by atoms with Gasteiger partial charge in [0, 0.05) is 13.0 Å². The number of aliphatic hydroxyl groups is 4. The van der Waals surface area contributed by atoms with Gasteiger partial charge < -0.3 is 39.4 Å². The minimum absolute atomic E-state index is 0.117. The van der Waals surface area contributed by atoms with Crippen LogP contribution < -0.4 is 0 Å². The average Bonchev–Trinajstić information content (AvgIpc) is 2.97. The van der Waals surface area contributed by atoms with Crippen molar-refractivity contribution < 1.29 is 44.2 Å². The first-order valence-corrected chi connectivity index (χ1v) is 15.2. The van der Waals surface area contributed by atoms with E-state index in [4.69, 9.17) is 18.9 Å². The fourth-order valence-electron chi connectivity index (χ4n) is 4.04. The van der Waals surface area contributed by atoms with Crippen molar-refractivity contribution in [1.29, 1.82) is 0 Å². The first-order valence-electron chi connectivity index (χ1n) is 15.2. The Labute approximate surface area is 246 Å². The molecule has 1 rings (SSSR count). The number of allylic oxidation sites excluding steroid dienone is 8. The van der Waals surface area contributed by atoms with Crippen LogP contribution in [-0.2, 0) is 23.7 Å². The predicted octanol–water partition coefficient (Wildman–Crippen LogP) is 4.29. The molecule has 9 nitrogen and oxygen atoms in total. The highest BCUT2D eigenvalue weighted by atomic mass is 16.7. The van der Waals surface area contributed by atoms with Crippen molar-refractivity contribution in [2.75, 3.05) is 26.4 Å². The quantitative estimate of drug-likeness (QED) is 0.0791. The zero-order valence-corrected chi connectivity index (χ0v) is 25.0. The molecular weight excluding hydrogens is 528 g/mol. The lowest BCUT2D eigenvalue weighted by molar-refractivity contribution is -0.305. The third kappa shape index (κ3) is 17.6. The molecule has 0 aromatic carbocycles. The lowest BCUT2D eigenvalue weighted by Crippen LogP contribution is -2.59. The van der Waals surface area contributed by atoms with Gasteiger partial charge in [0.1, 0.15) is 30.5 Å². The van der Waals surface area contributed by atoms with Gasteiger partial charge in [-0.25, -0.2) is 0 Å². The largest absolute Gasteiger partial charge is 0.457 e. The molecule has 0 aromatic rings. The minimum atomic E-state index is -1.54. The average molecular weight is 583 g/mol. The lowest BCUT2D eigenvalue weighted by Gasteiger charge is -2.39. The van der Waals surface area contributed by atoms with E-state index in [1.807, 2.05) is 6.92 Å². The van der Waals surface area contributed by atoms with Gasteiger partial charge in [-0.05, 0) is 51.4 Å². The molecule has 1 heterocycles. The van der Waals surface area contributed by atoms with Gasteiger partial charge in [0.2, 0.25) is 0 Å². The van der Waals surface area contributed by atoms with E-state index in [-0.39, 0.29) is 25.6 Å². The second-order valence-corrected chi connectivity index (χ2v) is 10.2. The summed E-state index contributed by atoms with van der Waals surface area (Å²) in [5.74, 6) is -0.365. The highest BCUT2D eigenvalue weighted by Gasteiger charge is 2.44. The molecule has 41 heavy (non-hydrogen) atoms. The normalized spacial score (nSPS) is 24.3. The Bertz CT molecular complexity index is 762. The van der Waals surface area contributed by atoms with Gasteiger partial charge in [-0.1, -0.05) is 75.3 Å². The van der Waals surface area contributed by atoms with Gasteiger partial charge in [-0.3, -0.25) is 4.79 Å². The summed E-state index contributed by atoms with van der Waals surface area (Å²) in [6.07, 6.45) is 19.7. The van der Waals surface area contributed by atoms with Crippen LogP contribution in [0.3, 0.4) is 0 Å². The van der Waals surface area contributed by atoms with Gasteiger partial charge in [0.25, 0.3) is 0 Å². The molecule has 1 saturated heterocycles. The van der Waals surface area contributed by atoms with Crippen molar-refractivity contribution in [2.24, 2.45) is 0 Å². The van der Waals surface area contributed by atoms with Crippen LogP contribution in [-0.4, -0.2) is 89.6 Å². The highest BCUT2D eigenvalue weighted by molar-refractivity contribution is 5.69. The summed E-state index contributed by atoms with van der Waals surface area (Å²) in [6, 6.07) is 0. The Morgan fingerprint density at radius 2 is 1.46 bits per heavy atom. The molecule has 0 amide bonds. The first kappa shape index (κ1) is 37.2. The summed E-state index contributed by atoms with van der Waals surface area (Å²) in [4.78, 5) is 12.2. The third-order valence-electron chi connectivity index (χ3n) is 6.51. The van der Waals surface area contributed by atoms with Crippen LogP contribution in [0.5, 0.6) is 0 Å². The molecule has 1 aliphatic rings. The molecular formula is C32H54O9. The van der Waals surface area contributed by atoms with Crippen molar-refractivity contribution in [1.82, 2.24) is 0 Å². The molecule has 4 N–H and O–H groups in total. The molecule has 0 bridgehead atoms. The van der Waals surface area contributed by atoms with Crippen molar-refractivity contribution in [3.63, 3.8) is 0 Å². The molecule has 0 saturated carbocycles. The lowest BCUT2D eigenvalue weighted by atomic mass is 9.99. The molecule has 9 heteroatoms. The van der Waals surface area contributed by atoms with Crippen LogP contribution in [0.15, 0.2) is 48.6 Å². The van der Waals surface area contributed by atoms with Crippen molar-refractivity contribution >= 4 is 5.97 Å². The van der Waals surface area contributed by atoms with Crippen LogP contribution in [0.1, 0.15) is 84.5 Å². The van der Waals surface area contributed by atoms with Gasteiger partial charge in [-0.2, -0.15) is 0 Å². The summed E-state index contributed by atoms with van der Waals surface area (Å²) >= 11 is 0. The number of ether oxygens (including phenoxy) is 4. The zero-order chi connectivity index (χ0) is 30.1. The maximum Gasteiger partial charge on any atom is 0.306 e. The molecule has 0 spiro atoms. The Kier molecular flexibility index (Phi) is 22.4. The minimum Gasteiger partial charge on any atom is -0.457 e. The van der Waals surface area contributed by atoms with E-state index in [0.717, 1.165) is 57.8 Å². The van der Waals surface area contributed by atoms with E-state index in [9.17, 15) is 25.2 Å². The summed E-state index contributed by atoms with van der Waals surface area (Å²) in [5.41, 5.74) is 0. The maximum atomic E-state index is 12.2. The number of esters is 1. The Balaban J connectivity index is 2.28. The Morgan fingerprint density at radius 3 is 2.10 bits per heavy atom. The van der Waals surface area contributed by atoms with Gasteiger partial charge in [0.05, 0.1) is 19.8 Å². The molecule has 6 unspecified atom stereocenters. The summed E-state index contributed by atoms with van der Waals surface area (Å²) in [7, 11) is 0. The van der Waals surface area contributed by atoms with E-state index in [1.165, 1.54) is 0 Å². The summed E-state index contributed by atoms with van der Waals surface area (Å²) in [5, 5.41) is 39.4. The number of unbranched alkanes of at least 4 members (excludes halogenated alkanes) is 4. The van der Waals surface area contributed by atoms with Crippen molar-refractivity contribution in [2.45, 2.75) is 121 Å². The number of hydrogen-bond acceptors (Lipinski definition) is 9. The van der Waals surface area contributed by atoms with Crippen molar-refractivity contribution in [3.8, 4) is 0 Å². The summed E-state index contributed by atoms with van der Waals surface area (Å²) < 4.78 is 22.2. The van der Waals surface area contributed by atoms with Crippen LogP contribution in [0.2, 0.25) is 0 Å². The van der Waals surface area contributed by atoms with E-state index in [1.54, 1.807) is 0 Å². The molecule has 236 valence electrons. The maximum absolute atomic E-state index is 12.2. The molecule has 0 aliphatic carbocycles. The van der Waals surface area contributed by atoms with Crippen LogP contribution >= 0.6 is 0 Å². The number of hydrogen-bond donors (Lipinski definition) is 4. The highest BCUT2D eigenvalue weighted by Crippen LogP contribution is 2.22. The Hall–Kier alpha value is -1.85. The fourth-order valence-corrected chi connectivity index (χ4v) is 4.04. The standard InChI is InChI=1S/C32H54O9/c1-3-5-7-8-9-10-11-12-13-14-15-16-17-18-19-20-22-38-24-26(40-28(34)21-6-4-2)25-39-32-31(37)30(36)29(35)27(23-33)41-32/h5,7,9-10,12-13,15-16,26-27,29-33,35-37H,3-4,6,8,11,14,17-25H2,1-2H3/b7-5-,10-9-,13-12-,16-15-. The number of rotatable bonds is 23. The molecule has 0 radical (unpaired) electrons. The van der Waals surface area contributed by atoms with E-state index >= 15 is 0 Å². The van der Waals surface area contributed by atoms with E-state index in [0.29, 0.717) is 13.0 Å². The third-order valence-corrected chi connectivity index (χ3v) is 6.51. The topological polar surface area (TPSA) is 135 Å². The smallest absolute Gasteiger partial charge is 0.306 e. The number of aliphatic hydroxyl groups excluding tert-OH is 4. The Morgan fingerprint density at radius 1 is 0.805 bits per heavy atom. The molecule has 0 aromatic heterocycles. The van der Waals surface area contributed by atoms with E-state index < -0.39 is 43.4 Å². The predicted molar refractivity (Wildman–Crippen MR) is 159 cm³/mol. The first-order chi connectivity index (χ1) is 19.9. The van der Waals surface area contributed by atoms with Crippen molar-refractivity contribution in [3.05, 3.63) is 48.6 Å². The fraction of sp³-hybridized carbons (Fsp3) is 0.719. The van der Waals surface area contributed by atoms with E-state index in [2.05, 4.69) is 55.5 Å². The van der Waals surface area contributed by atoms with Gasteiger partial charge >= 0.3 is 5.97 Å². The molecule has 1 aliphatic heterocycles. The zero-order valence-electron chi connectivity index (χ0n) is 25.0. The van der Waals surface area contributed by atoms with Crippen LogP contribution in [0.4, 0.5) is 0 Å². The molecule has 1 fully saturated rings. The second kappa shape index (κ2) is 24.7. The van der Waals surface area contributed by atoms with Gasteiger partial charge in [-0.15, -0.1) is 0 Å². The number of carbonyl (C=O) groups is 1. The summed E-state index contributed by atoms with van der Waals surface area (Å²) in [6.45, 7) is 4.07. The SMILES string of the molecule is CC/C=C\C/C=C\C/C=C\C/C=C\CCCCCOCC(COC1OC(CO)C(O)C(O)C1O)OC(=O)CCCC. The van der Waals surface area contributed by atoms with Crippen LogP contribution in [0.25, 0.3) is 0 Å². The second-order valence-electron chi connectivity index (χ2n) is 10.2. The number of carbonyl (C=O) groups excluding carboxylic acids is 1. The molecule has 6 atom stereocenters. The van der Waals surface area contributed by atoms with Gasteiger partial charge in [0.15, 0.2) is 6.29 Å².